The van der Waals surface area contributed by atoms with Gasteiger partial charge < -0.3 is 73.0 Å². The molecule has 0 aromatic rings. The van der Waals surface area contributed by atoms with Crippen molar-refractivity contribution in [3.63, 3.8) is 0 Å². The van der Waals surface area contributed by atoms with E-state index < -0.39 is 147 Å². The van der Waals surface area contributed by atoms with E-state index in [1.54, 1.807) is 20.8 Å². The second-order valence-electron chi connectivity index (χ2n) is 26.0. The van der Waals surface area contributed by atoms with Crippen LogP contribution in [0, 0.1) is 5.92 Å². The zero-order valence-corrected chi connectivity index (χ0v) is 52.5. The lowest BCUT2D eigenvalue weighted by Crippen LogP contribution is -2.67. The van der Waals surface area contributed by atoms with Gasteiger partial charge in [-0.25, -0.2) is 0 Å². The Labute approximate surface area is 503 Å². The van der Waals surface area contributed by atoms with Crippen LogP contribution in [0.3, 0.4) is 0 Å². The van der Waals surface area contributed by atoms with Crippen molar-refractivity contribution in [1.82, 2.24) is 67.9 Å². The number of carbonyl (C=O) groups is 14. The highest BCUT2D eigenvalue weighted by Gasteiger charge is 2.54. The third-order valence-electron chi connectivity index (χ3n) is 16.3. The van der Waals surface area contributed by atoms with E-state index in [0.29, 0.717) is 38.6 Å². The van der Waals surface area contributed by atoms with E-state index in [0.717, 1.165) is 12.8 Å². The summed E-state index contributed by atoms with van der Waals surface area (Å²) in [5, 5.41) is 35.3. The molecule has 1 saturated carbocycles. The molecule has 3 saturated heterocycles. The SMILES string of the molecule is CC[C@@](C)(NC(=O)[C@@H]1CCCCN1C(=O)C(C)(C)NC(=O)[C@@H]1CCCCN1C(C)=O)C(=O)NC(C)(C)C(=O)N[C@@H](CC(C)C)C(=O)NCCC(=O)NCC(=O)NC1(C(=O)NC(C)(C)C(=O)N2CCCC[C@H]2C(=O)NC(C)(C)C(=O)NCC(=O)O)CC1. The summed E-state index contributed by atoms with van der Waals surface area (Å²) in [6.45, 7) is 19.4. The Bertz CT molecular complexity index is 2620. The van der Waals surface area contributed by atoms with E-state index in [4.69, 9.17) is 5.11 Å². The molecule has 13 amide bonds. The molecule has 0 aromatic heterocycles. The van der Waals surface area contributed by atoms with E-state index in [2.05, 4.69) is 53.2 Å². The molecule has 5 atom stereocenters. The molecule has 0 aromatic carbocycles. The quantitative estimate of drug-likeness (QED) is 0.0471. The number of hydrogen-bond acceptors (Lipinski definition) is 14. The first-order chi connectivity index (χ1) is 39.8. The topological polar surface area (TPSA) is 389 Å². The van der Waals surface area contributed by atoms with Crippen LogP contribution >= 0.6 is 0 Å². The molecule has 3 heterocycles. The third-order valence-corrected chi connectivity index (χ3v) is 16.3. The van der Waals surface area contributed by atoms with Crippen LogP contribution in [0.4, 0.5) is 0 Å². The Balaban J connectivity index is 1.27. The molecule has 4 fully saturated rings. The number of nitrogens with zero attached hydrogens (tertiary/aromatic N) is 3. The summed E-state index contributed by atoms with van der Waals surface area (Å²) in [6, 6.07) is -3.83. The van der Waals surface area contributed by atoms with Gasteiger partial charge in [-0.2, -0.15) is 0 Å². The minimum Gasteiger partial charge on any atom is -0.480 e. The standard InChI is InChI=1S/C58H95N13O15/c1-14-57(13,66-46(80)39-23-17-20-30-71(39)51(85)55(9,10)65-44(78)37-21-15-18-28-69(37)35(4)72)49(83)67-54(7,8)48(82)62-36(31-34(2)3)43(77)59-27-24-40(73)60-32-41(74)63-58(25-26-58)50(84)68-56(11,12)52(86)70-29-19-16-22-38(70)45(79)64-53(5,6)47(81)61-33-42(75)76/h34,36-39H,14-33H2,1-13H3,(H,59,77)(H,60,73)(H,61,81)(H,62,82)(H,63,74)(H,64,79)(H,65,78)(H,66,80)(H,67,83)(H,68,84)(H,75,76)/t36-,37-,38-,39-,57+/m0/s1. The number of likely N-dealkylation sites (tertiary alicyclic amines) is 3. The van der Waals surface area contributed by atoms with E-state index in [1.807, 2.05) is 13.8 Å². The summed E-state index contributed by atoms with van der Waals surface area (Å²) < 4.78 is 0. The van der Waals surface area contributed by atoms with Gasteiger partial charge in [-0.05, 0) is 152 Å². The molecule has 0 radical (unpaired) electrons. The molecule has 86 heavy (non-hydrogen) atoms. The van der Waals surface area contributed by atoms with Crippen LogP contribution in [0.25, 0.3) is 0 Å². The largest absolute Gasteiger partial charge is 0.480 e. The van der Waals surface area contributed by atoms with Gasteiger partial charge in [-0.3, -0.25) is 67.1 Å². The summed E-state index contributed by atoms with van der Waals surface area (Å²) >= 11 is 0. The molecule has 482 valence electrons. The second-order valence-corrected chi connectivity index (χ2v) is 26.0. The van der Waals surface area contributed by atoms with Crippen molar-refractivity contribution in [2.24, 2.45) is 5.92 Å². The zero-order chi connectivity index (χ0) is 64.9. The molecule has 1 aliphatic carbocycles. The van der Waals surface area contributed by atoms with Gasteiger partial charge in [0.25, 0.3) is 0 Å². The fourth-order valence-electron chi connectivity index (χ4n) is 10.6. The summed E-state index contributed by atoms with van der Waals surface area (Å²) in [4.78, 5) is 191. The van der Waals surface area contributed by atoms with E-state index in [-0.39, 0.29) is 76.4 Å². The van der Waals surface area contributed by atoms with Crippen LogP contribution in [-0.4, -0.2) is 199 Å². The average molecular weight is 1210 g/mol. The van der Waals surface area contributed by atoms with Crippen LogP contribution < -0.4 is 53.2 Å². The van der Waals surface area contributed by atoms with E-state index in [1.165, 1.54) is 70.1 Å². The van der Waals surface area contributed by atoms with Gasteiger partial charge in [-0.1, -0.05) is 20.8 Å². The highest BCUT2D eigenvalue weighted by atomic mass is 16.4. The van der Waals surface area contributed by atoms with Gasteiger partial charge in [-0.15, -0.1) is 0 Å². The Hall–Kier alpha value is -7.42. The van der Waals surface area contributed by atoms with Crippen molar-refractivity contribution >= 4 is 82.8 Å². The molecule has 0 bridgehead atoms. The van der Waals surface area contributed by atoms with Crippen LogP contribution in [-0.2, 0) is 67.1 Å². The molecule has 11 N–H and O–H groups in total. The number of aliphatic carboxylic acids is 1. The predicted molar refractivity (Wildman–Crippen MR) is 312 cm³/mol. The Morgan fingerprint density at radius 3 is 1.48 bits per heavy atom. The van der Waals surface area contributed by atoms with Crippen molar-refractivity contribution in [3.05, 3.63) is 0 Å². The Morgan fingerprint density at radius 1 is 0.535 bits per heavy atom. The molecular formula is C58H95N13O15. The fraction of sp³-hybridized carbons (Fsp3) is 0.759. The van der Waals surface area contributed by atoms with Crippen LogP contribution in [0.2, 0.25) is 0 Å². The fourth-order valence-corrected chi connectivity index (χ4v) is 10.6. The lowest BCUT2D eigenvalue weighted by Gasteiger charge is -2.42. The van der Waals surface area contributed by atoms with Crippen LogP contribution in [0.15, 0.2) is 0 Å². The predicted octanol–water partition coefficient (Wildman–Crippen LogP) is -0.983. The molecular weight excluding hydrogens is 1120 g/mol. The van der Waals surface area contributed by atoms with E-state index in [9.17, 15) is 67.1 Å². The van der Waals surface area contributed by atoms with Crippen molar-refractivity contribution in [2.45, 2.75) is 237 Å². The number of piperidine rings is 3. The zero-order valence-electron chi connectivity index (χ0n) is 52.5. The van der Waals surface area contributed by atoms with Gasteiger partial charge in [0.1, 0.15) is 63.9 Å². The van der Waals surface area contributed by atoms with Crippen molar-refractivity contribution < 1.29 is 72.2 Å². The Morgan fingerprint density at radius 2 is 1.00 bits per heavy atom. The molecule has 28 nitrogen and oxygen atoms in total. The van der Waals surface area contributed by atoms with Crippen molar-refractivity contribution in [2.75, 3.05) is 39.3 Å². The molecule has 3 aliphatic heterocycles. The lowest BCUT2D eigenvalue weighted by molar-refractivity contribution is -0.151. The van der Waals surface area contributed by atoms with Crippen LogP contribution in [0.1, 0.15) is 180 Å². The Kier molecular flexibility index (Phi) is 24.2. The number of carboxylic acid groups (broad SMARTS) is 1. The summed E-state index contributed by atoms with van der Waals surface area (Å²) in [5.41, 5.74) is -9.13. The smallest absolute Gasteiger partial charge is 0.322 e. The normalized spacial score (nSPS) is 19.8. The number of rotatable bonds is 27. The maximum absolute atomic E-state index is 14.2. The third kappa shape index (κ3) is 19.0. The van der Waals surface area contributed by atoms with E-state index >= 15 is 0 Å². The van der Waals surface area contributed by atoms with Crippen molar-refractivity contribution in [3.8, 4) is 0 Å². The first kappa shape index (κ1) is 71.1. The number of carboxylic acids is 1. The molecule has 4 rings (SSSR count). The molecule has 4 aliphatic rings. The summed E-state index contributed by atoms with van der Waals surface area (Å²) in [7, 11) is 0. The monoisotopic (exact) mass is 1210 g/mol. The summed E-state index contributed by atoms with van der Waals surface area (Å²) in [5.74, 6) is -9.20. The number of nitrogens with one attached hydrogen (secondary N) is 10. The minimum absolute atomic E-state index is 0.0766. The maximum Gasteiger partial charge on any atom is 0.322 e. The molecule has 0 unspecified atom stereocenters. The number of carbonyl (C=O) groups excluding carboxylic acids is 13. The van der Waals surface area contributed by atoms with Gasteiger partial charge in [0.2, 0.25) is 76.8 Å². The van der Waals surface area contributed by atoms with Gasteiger partial charge >= 0.3 is 5.97 Å². The molecule has 28 heteroatoms. The van der Waals surface area contributed by atoms with Gasteiger partial charge in [0.05, 0.1) is 6.54 Å². The van der Waals surface area contributed by atoms with Gasteiger partial charge in [0, 0.05) is 39.5 Å². The summed E-state index contributed by atoms with van der Waals surface area (Å²) in [6.07, 6.45) is 5.33. The average Bonchev–Trinajstić information content (AvgIpc) is 1.82. The van der Waals surface area contributed by atoms with Crippen molar-refractivity contribution in [1.29, 1.82) is 0 Å². The maximum atomic E-state index is 14.2. The number of amides is 13. The highest BCUT2D eigenvalue weighted by Crippen LogP contribution is 2.36. The first-order valence-corrected chi connectivity index (χ1v) is 30.0. The molecule has 0 spiro atoms. The highest BCUT2D eigenvalue weighted by molar-refractivity contribution is 6.02. The van der Waals surface area contributed by atoms with Gasteiger partial charge in [0.15, 0.2) is 0 Å². The lowest BCUT2D eigenvalue weighted by atomic mass is 9.91. The second kappa shape index (κ2) is 29.3. The van der Waals surface area contributed by atoms with Crippen LogP contribution in [0.5, 0.6) is 0 Å². The minimum atomic E-state index is -1.64. The number of hydrogen-bond donors (Lipinski definition) is 11. The first-order valence-electron chi connectivity index (χ1n) is 30.0.